The number of hydrogen-bond acceptors (Lipinski definition) is 8. The molecule has 0 aliphatic carbocycles. The lowest BCUT2D eigenvalue weighted by Gasteiger charge is -2.53. The Labute approximate surface area is 302 Å². The number of fused-ring (bicyclic) bond motifs is 4. The highest BCUT2D eigenvalue weighted by Gasteiger charge is 2.45. The van der Waals surface area contributed by atoms with Crippen molar-refractivity contribution in [2.45, 2.75) is 26.2 Å². The Hall–Kier alpha value is -6.07. The van der Waals surface area contributed by atoms with E-state index in [0.717, 1.165) is 61.4 Å². The maximum atomic E-state index is 14.0. The second-order valence-corrected chi connectivity index (χ2v) is 14.0. The predicted octanol–water partition coefficient (Wildman–Crippen LogP) is 7.32. The maximum absolute atomic E-state index is 14.0. The number of nitrogens with one attached hydrogen (secondary N) is 2. The van der Waals surface area contributed by atoms with Gasteiger partial charge in [-0.1, -0.05) is 24.3 Å². The third-order valence-electron chi connectivity index (χ3n) is 10.5. The molecule has 2 amide bonds. The molecule has 11 heteroatoms. The predicted molar refractivity (Wildman–Crippen MR) is 201 cm³/mol. The number of ether oxygens (including phenoxy) is 1. The Bertz CT molecular complexity index is 2340. The minimum Gasteiger partial charge on any atom is -0.452 e. The van der Waals surface area contributed by atoms with E-state index >= 15 is 0 Å². The number of H-pyrrole nitrogens is 1. The summed E-state index contributed by atoms with van der Waals surface area (Å²) in [6.07, 6.45) is 4.34. The number of para-hydroxylation sites is 3. The quantitative estimate of drug-likeness (QED) is 0.173. The number of aryl methyl sites for hydroxylation is 1. The van der Waals surface area contributed by atoms with Crippen LogP contribution in [-0.4, -0.2) is 65.4 Å². The van der Waals surface area contributed by atoms with Crippen LogP contribution in [0.1, 0.15) is 63.9 Å². The summed E-state index contributed by atoms with van der Waals surface area (Å²) < 4.78 is 11.8. The molecule has 6 aromatic rings. The van der Waals surface area contributed by atoms with Gasteiger partial charge >= 0.3 is 0 Å². The van der Waals surface area contributed by atoms with Gasteiger partial charge < -0.3 is 29.3 Å². The normalized spacial score (nSPS) is 16.2. The van der Waals surface area contributed by atoms with E-state index in [0.29, 0.717) is 52.6 Å². The number of rotatable bonds is 6. The van der Waals surface area contributed by atoms with Crippen LogP contribution in [0.4, 0.5) is 17.2 Å². The summed E-state index contributed by atoms with van der Waals surface area (Å²) >= 11 is 0. The molecule has 3 aliphatic rings. The number of aromatic amines is 1. The summed E-state index contributed by atoms with van der Waals surface area (Å²) in [6, 6.07) is 25.6. The van der Waals surface area contributed by atoms with Gasteiger partial charge in [0.2, 0.25) is 0 Å². The van der Waals surface area contributed by atoms with Gasteiger partial charge in [0.05, 0.1) is 22.3 Å². The van der Waals surface area contributed by atoms with Crippen LogP contribution in [0.25, 0.3) is 22.4 Å². The van der Waals surface area contributed by atoms with Crippen molar-refractivity contribution in [2.24, 2.45) is 5.41 Å². The van der Waals surface area contributed by atoms with Gasteiger partial charge in [-0.3, -0.25) is 14.4 Å². The SMILES string of the molecule is Cc1cnc(N2CC3(CCOCC3)C2)c(C(=O)Nc2ccc(C(=O)N3CCc4cc(C(=O)c5nc6ccccc6[nH]5)oc4-c4ccccc43)cc2)c1.[HH].[HH]. The smallest absolute Gasteiger partial charge is 0.263 e. The van der Waals surface area contributed by atoms with Gasteiger partial charge in [0.25, 0.3) is 17.6 Å². The highest BCUT2D eigenvalue weighted by atomic mass is 16.5. The molecular formula is C41H40N6O5. The summed E-state index contributed by atoms with van der Waals surface area (Å²) in [5.41, 5.74) is 6.47. The molecule has 3 aliphatic heterocycles. The van der Waals surface area contributed by atoms with Crippen molar-refractivity contribution in [3.8, 4) is 11.3 Å². The highest BCUT2D eigenvalue weighted by Crippen LogP contribution is 2.43. The Morgan fingerprint density at radius 3 is 2.52 bits per heavy atom. The maximum Gasteiger partial charge on any atom is 0.263 e. The number of ketones is 1. The first-order valence-electron chi connectivity index (χ1n) is 17.6. The fourth-order valence-corrected chi connectivity index (χ4v) is 7.66. The van der Waals surface area contributed by atoms with Gasteiger partial charge in [-0.2, -0.15) is 0 Å². The fourth-order valence-electron chi connectivity index (χ4n) is 7.66. The largest absolute Gasteiger partial charge is 0.452 e. The number of carbonyl (C=O) groups excluding carboxylic acids is 3. The van der Waals surface area contributed by atoms with E-state index in [1.807, 2.05) is 61.5 Å². The van der Waals surface area contributed by atoms with E-state index in [-0.39, 0.29) is 37.5 Å². The molecule has 3 aromatic carbocycles. The summed E-state index contributed by atoms with van der Waals surface area (Å²) in [4.78, 5) is 57.2. The van der Waals surface area contributed by atoms with Crippen LogP contribution >= 0.6 is 0 Å². The van der Waals surface area contributed by atoms with E-state index < -0.39 is 0 Å². The number of carbonyl (C=O) groups is 3. The van der Waals surface area contributed by atoms with E-state index in [4.69, 9.17) is 9.15 Å². The minimum absolute atomic E-state index is 0. The summed E-state index contributed by atoms with van der Waals surface area (Å²) in [7, 11) is 0. The van der Waals surface area contributed by atoms with Crippen molar-refractivity contribution < 1.29 is 26.4 Å². The van der Waals surface area contributed by atoms with Crippen molar-refractivity contribution in [3.05, 3.63) is 125 Å². The Kier molecular flexibility index (Phi) is 7.73. The molecule has 0 bridgehead atoms. The molecule has 11 nitrogen and oxygen atoms in total. The number of furan rings is 1. The van der Waals surface area contributed by atoms with Crippen molar-refractivity contribution in [2.75, 3.05) is 48.0 Å². The first-order chi connectivity index (χ1) is 25.3. The van der Waals surface area contributed by atoms with E-state index in [1.165, 1.54) is 0 Å². The van der Waals surface area contributed by atoms with Crippen molar-refractivity contribution in [3.63, 3.8) is 0 Å². The van der Waals surface area contributed by atoms with Crippen LogP contribution in [0.15, 0.2) is 95.5 Å². The summed E-state index contributed by atoms with van der Waals surface area (Å²) in [5.74, 6) is 0.904. The second-order valence-electron chi connectivity index (χ2n) is 14.0. The molecule has 2 fully saturated rings. The first kappa shape index (κ1) is 31.9. The zero-order valence-corrected chi connectivity index (χ0v) is 28.6. The van der Waals surface area contributed by atoms with Crippen LogP contribution < -0.4 is 15.1 Å². The Morgan fingerprint density at radius 1 is 0.942 bits per heavy atom. The third kappa shape index (κ3) is 5.63. The molecule has 1 spiro atoms. The molecule has 0 unspecified atom stereocenters. The molecule has 0 atom stereocenters. The zero-order valence-electron chi connectivity index (χ0n) is 28.6. The van der Waals surface area contributed by atoms with Crippen LogP contribution in [-0.2, 0) is 11.2 Å². The minimum atomic E-state index is -0.333. The molecule has 2 N–H and O–H groups in total. The molecule has 3 aromatic heterocycles. The van der Waals surface area contributed by atoms with E-state index in [2.05, 4.69) is 25.2 Å². The Balaban J connectivity index is 0.00000225. The Morgan fingerprint density at radius 2 is 1.71 bits per heavy atom. The average molecular weight is 697 g/mol. The lowest BCUT2D eigenvalue weighted by molar-refractivity contribution is -0.000511. The standard InChI is InChI=1S/C41H36N6O5.2H2/c1-25-20-30(38(42-22-25)46-23-41(24-46)15-18-51-19-16-41)39(49)43-28-12-10-26(11-13-28)40(50)47-17-14-27-21-34(52-36(27)29-6-2-5-9-33(29)47)35(48)37-44-31-7-3-4-8-32(31)45-37;;/h2-13,20-22H,14-19,23-24H2,1H3,(H,43,49)(H,44,45);2*1H. The van der Waals surface area contributed by atoms with E-state index in [1.54, 1.807) is 41.4 Å². The van der Waals surface area contributed by atoms with Gasteiger partial charge in [-0.25, -0.2) is 9.97 Å². The number of benzene rings is 3. The lowest BCUT2D eigenvalue weighted by atomic mass is 9.73. The van der Waals surface area contributed by atoms with Crippen LogP contribution in [0.3, 0.4) is 0 Å². The topological polar surface area (TPSA) is 134 Å². The average Bonchev–Trinajstić information content (AvgIpc) is 3.76. The molecule has 0 saturated carbocycles. The monoisotopic (exact) mass is 696 g/mol. The first-order valence-corrected chi connectivity index (χ1v) is 17.6. The number of amides is 2. The number of anilines is 3. The van der Waals surface area contributed by atoms with Crippen LogP contribution in [0, 0.1) is 12.3 Å². The van der Waals surface area contributed by atoms with Gasteiger partial charge in [-0.15, -0.1) is 0 Å². The fraction of sp³-hybridized carbons (Fsp3) is 0.244. The number of pyridine rings is 1. The highest BCUT2D eigenvalue weighted by molar-refractivity contribution is 6.11. The number of hydrogen-bond donors (Lipinski definition) is 2. The molecule has 52 heavy (non-hydrogen) atoms. The lowest BCUT2D eigenvalue weighted by Crippen LogP contribution is -2.59. The molecule has 6 heterocycles. The number of imidazole rings is 1. The van der Waals surface area contributed by atoms with Crippen molar-refractivity contribution in [1.82, 2.24) is 15.0 Å². The summed E-state index contributed by atoms with van der Waals surface area (Å²) in [6.45, 7) is 5.61. The van der Waals surface area contributed by atoms with Gasteiger partial charge in [0.15, 0.2) is 11.6 Å². The molecule has 264 valence electrons. The van der Waals surface area contributed by atoms with Crippen molar-refractivity contribution >= 4 is 45.8 Å². The van der Waals surface area contributed by atoms with Gasteiger partial charge in [-0.05, 0) is 92.4 Å². The van der Waals surface area contributed by atoms with E-state index in [9.17, 15) is 14.4 Å². The summed E-state index contributed by atoms with van der Waals surface area (Å²) in [5, 5.41) is 3.02. The molecule has 9 rings (SSSR count). The van der Waals surface area contributed by atoms with Crippen LogP contribution in [0.2, 0.25) is 0 Å². The van der Waals surface area contributed by atoms with Gasteiger partial charge in [0, 0.05) is 69.7 Å². The third-order valence-corrected chi connectivity index (χ3v) is 10.5. The zero-order chi connectivity index (χ0) is 35.4. The van der Waals surface area contributed by atoms with Gasteiger partial charge in [0.1, 0.15) is 11.6 Å². The van der Waals surface area contributed by atoms with Crippen molar-refractivity contribution in [1.29, 1.82) is 0 Å². The number of aromatic nitrogens is 3. The van der Waals surface area contributed by atoms with Crippen LogP contribution in [0.5, 0.6) is 0 Å². The number of nitrogens with zero attached hydrogens (tertiary/aromatic N) is 4. The molecular weight excluding hydrogens is 656 g/mol. The molecule has 0 radical (unpaired) electrons. The molecule has 2 saturated heterocycles. The second kappa shape index (κ2) is 12.6.